The molecule has 0 saturated heterocycles. The molecule has 1 aliphatic rings. The fourth-order valence-electron chi connectivity index (χ4n) is 3.34. The minimum atomic E-state index is -0.138. The number of pyridine rings is 1. The predicted molar refractivity (Wildman–Crippen MR) is 105 cm³/mol. The van der Waals surface area contributed by atoms with Crippen molar-refractivity contribution in [3.63, 3.8) is 0 Å². The van der Waals surface area contributed by atoms with Gasteiger partial charge in [-0.25, -0.2) is 4.98 Å². The molecule has 0 unspecified atom stereocenters. The Kier molecular flexibility index (Phi) is 4.40. The van der Waals surface area contributed by atoms with E-state index in [0.29, 0.717) is 11.4 Å². The zero-order valence-corrected chi connectivity index (χ0v) is 14.8. The second kappa shape index (κ2) is 7.00. The molecule has 0 radical (unpaired) electrons. The van der Waals surface area contributed by atoms with Gasteiger partial charge in [-0.3, -0.25) is 4.79 Å². The van der Waals surface area contributed by atoms with Crippen molar-refractivity contribution in [3.8, 4) is 0 Å². The summed E-state index contributed by atoms with van der Waals surface area (Å²) >= 11 is 0. The molecule has 0 fully saturated rings. The minimum Gasteiger partial charge on any atom is -0.366 e. The number of carbonyl (C=O) groups is 1. The van der Waals surface area contributed by atoms with Gasteiger partial charge in [0.15, 0.2) is 0 Å². The van der Waals surface area contributed by atoms with Gasteiger partial charge in [-0.15, -0.1) is 0 Å². The molecule has 0 spiro atoms. The number of amides is 1. The number of aryl methyl sites for hydroxylation is 1. The average molecular weight is 343 g/mol. The van der Waals surface area contributed by atoms with Gasteiger partial charge in [-0.2, -0.15) is 0 Å². The summed E-state index contributed by atoms with van der Waals surface area (Å²) in [5.74, 6) is 0.429. The quantitative estimate of drug-likeness (QED) is 0.775. The van der Waals surface area contributed by atoms with Crippen LogP contribution in [0.3, 0.4) is 0 Å². The molecule has 2 heterocycles. The average Bonchev–Trinajstić information content (AvgIpc) is 2.68. The van der Waals surface area contributed by atoms with Crippen molar-refractivity contribution in [1.82, 2.24) is 4.98 Å². The lowest BCUT2D eigenvalue weighted by molar-refractivity contribution is 0.102. The molecule has 0 bridgehead atoms. The Balaban J connectivity index is 1.45. The molecule has 130 valence electrons. The van der Waals surface area contributed by atoms with Crippen LogP contribution in [0.25, 0.3) is 0 Å². The maximum atomic E-state index is 12.3. The van der Waals surface area contributed by atoms with Gasteiger partial charge in [0.05, 0.1) is 11.9 Å². The zero-order chi connectivity index (χ0) is 17.9. The van der Waals surface area contributed by atoms with Crippen LogP contribution in [0.4, 0.5) is 11.5 Å². The molecule has 26 heavy (non-hydrogen) atoms. The number of nitrogens with one attached hydrogen (secondary N) is 1. The molecule has 0 atom stereocenters. The van der Waals surface area contributed by atoms with Crippen molar-refractivity contribution in [2.75, 3.05) is 16.8 Å². The summed E-state index contributed by atoms with van der Waals surface area (Å²) in [7, 11) is 0. The highest BCUT2D eigenvalue weighted by atomic mass is 16.1. The van der Waals surface area contributed by atoms with Crippen LogP contribution in [0.15, 0.2) is 66.9 Å². The molecule has 0 aliphatic carbocycles. The monoisotopic (exact) mass is 343 g/mol. The van der Waals surface area contributed by atoms with Crippen LogP contribution in [0, 0.1) is 6.92 Å². The molecule has 3 aromatic rings. The van der Waals surface area contributed by atoms with Crippen LogP contribution in [0.2, 0.25) is 0 Å². The van der Waals surface area contributed by atoms with Crippen molar-refractivity contribution < 1.29 is 4.79 Å². The van der Waals surface area contributed by atoms with E-state index in [9.17, 15) is 4.79 Å². The standard InChI is InChI=1S/C22H21N3O/c1-16-5-4-8-18(13-16)22(26)24-21-10-9-20(14-23-21)25-12-11-17-6-2-3-7-19(17)15-25/h2-10,13-14H,11-12,15H2,1H3,(H,23,24,26). The van der Waals surface area contributed by atoms with Crippen LogP contribution in [-0.2, 0) is 13.0 Å². The molecule has 4 rings (SSSR count). The molecule has 4 nitrogen and oxygen atoms in total. The van der Waals surface area contributed by atoms with E-state index in [1.54, 1.807) is 0 Å². The fraction of sp³-hybridized carbons (Fsp3) is 0.182. The fourth-order valence-corrected chi connectivity index (χ4v) is 3.34. The lowest BCUT2D eigenvalue weighted by atomic mass is 10.00. The second-order valence-corrected chi connectivity index (χ2v) is 6.67. The second-order valence-electron chi connectivity index (χ2n) is 6.67. The number of fused-ring (bicyclic) bond motifs is 1. The Labute approximate surface area is 153 Å². The van der Waals surface area contributed by atoms with E-state index >= 15 is 0 Å². The van der Waals surface area contributed by atoms with Crippen LogP contribution in [0.5, 0.6) is 0 Å². The maximum Gasteiger partial charge on any atom is 0.256 e. The molecular formula is C22H21N3O. The van der Waals surface area contributed by atoms with Gasteiger partial charge in [0, 0.05) is 18.7 Å². The number of rotatable bonds is 3. The maximum absolute atomic E-state index is 12.3. The summed E-state index contributed by atoms with van der Waals surface area (Å²) in [5, 5.41) is 2.86. The van der Waals surface area contributed by atoms with E-state index in [0.717, 1.165) is 30.8 Å². The Morgan fingerprint density at radius 2 is 1.88 bits per heavy atom. The van der Waals surface area contributed by atoms with E-state index < -0.39 is 0 Å². The summed E-state index contributed by atoms with van der Waals surface area (Å²) in [5.41, 5.74) is 5.58. The number of anilines is 2. The lowest BCUT2D eigenvalue weighted by Gasteiger charge is -2.30. The highest BCUT2D eigenvalue weighted by Gasteiger charge is 2.16. The van der Waals surface area contributed by atoms with Crippen LogP contribution in [-0.4, -0.2) is 17.4 Å². The number of nitrogens with zero attached hydrogens (tertiary/aromatic N) is 2. The molecular weight excluding hydrogens is 322 g/mol. The molecule has 2 aromatic carbocycles. The van der Waals surface area contributed by atoms with Gasteiger partial charge < -0.3 is 10.2 Å². The van der Waals surface area contributed by atoms with Crippen molar-refractivity contribution >= 4 is 17.4 Å². The number of hydrogen-bond acceptors (Lipinski definition) is 3. The Morgan fingerprint density at radius 1 is 1.04 bits per heavy atom. The third-order valence-corrected chi connectivity index (χ3v) is 4.77. The highest BCUT2D eigenvalue weighted by molar-refractivity contribution is 6.03. The first-order chi connectivity index (χ1) is 12.7. The van der Waals surface area contributed by atoms with Gasteiger partial charge in [0.1, 0.15) is 5.82 Å². The van der Waals surface area contributed by atoms with E-state index in [1.165, 1.54) is 11.1 Å². The molecule has 1 amide bonds. The first-order valence-electron chi connectivity index (χ1n) is 8.85. The SMILES string of the molecule is Cc1cccc(C(=O)Nc2ccc(N3CCc4ccccc4C3)cn2)c1. The van der Waals surface area contributed by atoms with Crippen LogP contribution in [0.1, 0.15) is 27.0 Å². The van der Waals surface area contributed by atoms with Crippen molar-refractivity contribution in [2.24, 2.45) is 0 Å². The normalized spacial score (nSPS) is 13.2. The summed E-state index contributed by atoms with van der Waals surface area (Å²) in [4.78, 5) is 19.1. The summed E-state index contributed by atoms with van der Waals surface area (Å²) in [6.07, 6.45) is 2.88. The summed E-state index contributed by atoms with van der Waals surface area (Å²) < 4.78 is 0. The Bertz CT molecular complexity index is 934. The van der Waals surface area contributed by atoms with Crippen molar-refractivity contribution in [1.29, 1.82) is 0 Å². The molecule has 1 aliphatic heterocycles. The van der Waals surface area contributed by atoms with Gasteiger partial charge in [0.2, 0.25) is 0 Å². The van der Waals surface area contributed by atoms with E-state index in [-0.39, 0.29) is 5.91 Å². The zero-order valence-electron chi connectivity index (χ0n) is 14.8. The molecule has 0 saturated carbocycles. The Hall–Kier alpha value is -3.14. The number of aromatic nitrogens is 1. The van der Waals surface area contributed by atoms with Crippen LogP contribution >= 0.6 is 0 Å². The van der Waals surface area contributed by atoms with Crippen molar-refractivity contribution in [3.05, 3.63) is 89.1 Å². The van der Waals surface area contributed by atoms with Gasteiger partial charge in [0.25, 0.3) is 5.91 Å². The summed E-state index contributed by atoms with van der Waals surface area (Å²) in [6, 6.07) is 20.0. The smallest absolute Gasteiger partial charge is 0.256 e. The highest BCUT2D eigenvalue weighted by Crippen LogP contribution is 2.24. The largest absolute Gasteiger partial charge is 0.366 e. The number of hydrogen-bond donors (Lipinski definition) is 1. The third-order valence-electron chi connectivity index (χ3n) is 4.77. The Morgan fingerprint density at radius 3 is 2.65 bits per heavy atom. The first kappa shape index (κ1) is 16.3. The molecule has 1 N–H and O–H groups in total. The van der Waals surface area contributed by atoms with Gasteiger partial charge in [-0.1, -0.05) is 42.0 Å². The van der Waals surface area contributed by atoms with Gasteiger partial charge >= 0.3 is 0 Å². The van der Waals surface area contributed by atoms with E-state index in [1.807, 2.05) is 49.5 Å². The van der Waals surface area contributed by atoms with Crippen LogP contribution < -0.4 is 10.2 Å². The third kappa shape index (κ3) is 3.45. The predicted octanol–water partition coefficient (Wildman–Crippen LogP) is 4.21. The minimum absolute atomic E-state index is 0.138. The van der Waals surface area contributed by atoms with Crippen molar-refractivity contribution in [2.45, 2.75) is 19.9 Å². The topological polar surface area (TPSA) is 45.2 Å². The van der Waals surface area contributed by atoms with E-state index in [2.05, 4.69) is 39.5 Å². The molecule has 1 aromatic heterocycles. The number of carbonyl (C=O) groups excluding carboxylic acids is 1. The molecule has 4 heteroatoms. The van der Waals surface area contributed by atoms with E-state index in [4.69, 9.17) is 0 Å². The number of benzene rings is 2. The van der Waals surface area contributed by atoms with Gasteiger partial charge in [-0.05, 0) is 48.7 Å². The first-order valence-corrected chi connectivity index (χ1v) is 8.85. The lowest BCUT2D eigenvalue weighted by Crippen LogP contribution is -2.30. The summed E-state index contributed by atoms with van der Waals surface area (Å²) in [6.45, 7) is 3.85.